The summed E-state index contributed by atoms with van der Waals surface area (Å²) in [6.07, 6.45) is 0. The van der Waals surface area contributed by atoms with E-state index < -0.39 is 0 Å². The molecule has 0 radical (unpaired) electrons. The standard InChI is InChI=1S/C19H16N2O5S/c1-11(22)12-3-5-15(23-2)14(7-12)9-27-19-21-20-18(26-19)13-4-6-16-17(8-13)25-10-24-16/h3-8H,9-10H2,1-2H3. The molecule has 0 N–H and O–H groups in total. The van der Waals surface area contributed by atoms with Crippen LogP contribution in [0, 0.1) is 0 Å². The fourth-order valence-electron chi connectivity index (χ4n) is 2.66. The largest absolute Gasteiger partial charge is 0.496 e. The molecule has 0 unspecified atom stereocenters. The second kappa shape index (κ2) is 7.32. The van der Waals surface area contributed by atoms with Gasteiger partial charge in [-0.1, -0.05) is 11.8 Å². The second-order valence-corrected chi connectivity index (χ2v) is 6.74. The molecule has 0 atom stereocenters. The van der Waals surface area contributed by atoms with Gasteiger partial charge in [0.15, 0.2) is 17.3 Å². The molecule has 2 heterocycles. The van der Waals surface area contributed by atoms with Crippen molar-refractivity contribution < 1.29 is 23.4 Å². The van der Waals surface area contributed by atoms with E-state index in [4.69, 9.17) is 18.6 Å². The number of carbonyl (C=O) groups excluding carboxylic acids is 1. The lowest BCUT2D eigenvalue weighted by molar-refractivity contribution is 0.101. The Labute approximate surface area is 159 Å². The number of carbonyl (C=O) groups is 1. The third kappa shape index (κ3) is 3.61. The molecule has 0 saturated carbocycles. The number of methoxy groups -OCH3 is 1. The van der Waals surface area contributed by atoms with Gasteiger partial charge in [-0.15, -0.1) is 10.2 Å². The van der Waals surface area contributed by atoms with Crippen molar-refractivity contribution in [3.05, 3.63) is 47.5 Å². The zero-order chi connectivity index (χ0) is 18.8. The minimum absolute atomic E-state index is 0.00628. The fraction of sp³-hybridized carbons (Fsp3) is 0.211. The van der Waals surface area contributed by atoms with Gasteiger partial charge in [0.05, 0.1) is 7.11 Å². The Bertz CT molecular complexity index is 1000. The Balaban J connectivity index is 1.50. The Morgan fingerprint density at radius 3 is 2.81 bits per heavy atom. The molecule has 2 aromatic carbocycles. The normalized spacial score (nSPS) is 12.2. The summed E-state index contributed by atoms with van der Waals surface area (Å²) in [5.41, 5.74) is 2.28. The third-order valence-electron chi connectivity index (χ3n) is 4.06. The summed E-state index contributed by atoms with van der Waals surface area (Å²) in [4.78, 5) is 11.6. The van der Waals surface area contributed by atoms with Gasteiger partial charge >= 0.3 is 0 Å². The van der Waals surface area contributed by atoms with E-state index in [0.717, 1.165) is 11.1 Å². The first-order valence-electron chi connectivity index (χ1n) is 8.18. The van der Waals surface area contributed by atoms with Crippen LogP contribution in [0.1, 0.15) is 22.8 Å². The fourth-order valence-corrected chi connectivity index (χ4v) is 3.41. The summed E-state index contributed by atoms with van der Waals surface area (Å²) in [6, 6.07) is 10.8. The number of nitrogens with zero attached hydrogens (tertiary/aromatic N) is 2. The topological polar surface area (TPSA) is 83.7 Å². The van der Waals surface area contributed by atoms with E-state index in [9.17, 15) is 4.79 Å². The molecular formula is C19H16N2O5S. The lowest BCUT2D eigenvalue weighted by Crippen LogP contribution is -1.96. The number of ketones is 1. The van der Waals surface area contributed by atoms with Gasteiger partial charge in [-0.25, -0.2) is 0 Å². The number of benzene rings is 2. The van der Waals surface area contributed by atoms with Crippen LogP contribution < -0.4 is 14.2 Å². The van der Waals surface area contributed by atoms with Crippen LogP contribution in [0.2, 0.25) is 0 Å². The number of aromatic nitrogens is 2. The maximum atomic E-state index is 11.6. The lowest BCUT2D eigenvalue weighted by Gasteiger charge is -2.08. The first-order valence-corrected chi connectivity index (χ1v) is 9.17. The molecule has 1 aromatic heterocycles. The van der Waals surface area contributed by atoms with Crippen LogP contribution in [0.4, 0.5) is 0 Å². The van der Waals surface area contributed by atoms with E-state index >= 15 is 0 Å². The van der Waals surface area contributed by atoms with E-state index in [1.165, 1.54) is 18.7 Å². The van der Waals surface area contributed by atoms with Crippen molar-refractivity contribution >= 4 is 17.5 Å². The highest BCUT2D eigenvalue weighted by Gasteiger charge is 2.17. The van der Waals surface area contributed by atoms with Gasteiger partial charge in [0.1, 0.15) is 5.75 Å². The predicted octanol–water partition coefficient (Wildman–Crippen LogP) is 3.97. The van der Waals surface area contributed by atoms with Crippen LogP contribution in [-0.4, -0.2) is 29.9 Å². The summed E-state index contributed by atoms with van der Waals surface area (Å²) in [6.45, 7) is 1.75. The molecule has 0 aliphatic carbocycles. The molecule has 7 nitrogen and oxygen atoms in total. The summed E-state index contributed by atoms with van der Waals surface area (Å²) >= 11 is 1.38. The predicted molar refractivity (Wildman–Crippen MR) is 98.4 cm³/mol. The minimum Gasteiger partial charge on any atom is -0.496 e. The maximum absolute atomic E-state index is 11.6. The Morgan fingerprint density at radius 2 is 2.00 bits per heavy atom. The minimum atomic E-state index is 0.00628. The number of hydrogen-bond acceptors (Lipinski definition) is 8. The van der Waals surface area contributed by atoms with Crippen molar-refractivity contribution in [1.82, 2.24) is 10.2 Å². The second-order valence-electron chi connectivity index (χ2n) is 5.81. The molecule has 3 aromatic rings. The summed E-state index contributed by atoms with van der Waals surface area (Å²) in [5, 5.41) is 8.60. The molecule has 1 aliphatic rings. The smallest absolute Gasteiger partial charge is 0.277 e. The van der Waals surface area contributed by atoms with Gasteiger partial charge in [0, 0.05) is 22.4 Å². The SMILES string of the molecule is COc1ccc(C(C)=O)cc1CSc1nnc(-c2ccc3c(c2)OCO3)o1. The van der Waals surface area contributed by atoms with Gasteiger partial charge in [-0.3, -0.25) is 4.79 Å². The summed E-state index contributed by atoms with van der Waals surface area (Å²) in [7, 11) is 1.60. The van der Waals surface area contributed by atoms with Crippen LogP contribution in [0.15, 0.2) is 46.0 Å². The van der Waals surface area contributed by atoms with Crippen molar-refractivity contribution in [2.75, 3.05) is 13.9 Å². The van der Waals surface area contributed by atoms with Gasteiger partial charge in [-0.05, 0) is 43.3 Å². The van der Waals surface area contributed by atoms with Gasteiger partial charge in [0.2, 0.25) is 12.7 Å². The molecule has 8 heteroatoms. The van der Waals surface area contributed by atoms with Crippen LogP contribution >= 0.6 is 11.8 Å². The van der Waals surface area contributed by atoms with Crippen LogP contribution in [0.25, 0.3) is 11.5 Å². The molecular weight excluding hydrogens is 368 g/mol. The van der Waals surface area contributed by atoms with Crippen molar-refractivity contribution in [1.29, 1.82) is 0 Å². The van der Waals surface area contributed by atoms with Crippen molar-refractivity contribution in [2.45, 2.75) is 17.9 Å². The average Bonchev–Trinajstić information content (AvgIpc) is 3.34. The number of fused-ring (bicyclic) bond motifs is 1. The molecule has 0 amide bonds. The molecule has 138 valence electrons. The zero-order valence-electron chi connectivity index (χ0n) is 14.7. The molecule has 0 bridgehead atoms. The molecule has 0 fully saturated rings. The molecule has 4 rings (SSSR count). The third-order valence-corrected chi connectivity index (χ3v) is 4.93. The highest BCUT2D eigenvalue weighted by molar-refractivity contribution is 7.98. The van der Waals surface area contributed by atoms with Crippen molar-refractivity contribution in [3.63, 3.8) is 0 Å². The Hall–Kier alpha value is -3.00. The summed E-state index contributed by atoms with van der Waals surface area (Å²) in [5.74, 6) is 3.01. The van der Waals surface area contributed by atoms with E-state index in [-0.39, 0.29) is 12.6 Å². The first-order chi connectivity index (χ1) is 13.1. The lowest BCUT2D eigenvalue weighted by atomic mass is 10.1. The van der Waals surface area contributed by atoms with E-state index in [2.05, 4.69) is 10.2 Å². The highest BCUT2D eigenvalue weighted by Crippen LogP contribution is 2.36. The molecule has 1 aliphatic heterocycles. The van der Waals surface area contributed by atoms with Crippen LogP contribution in [0.5, 0.6) is 17.2 Å². The number of ether oxygens (including phenoxy) is 3. The number of Topliss-reactive ketones (excluding diaryl/α,β-unsaturated/α-hetero) is 1. The van der Waals surface area contributed by atoms with Crippen LogP contribution in [-0.2, 0) is 5.75 Å². The Morgan fingerprint density at radius 1 is 1.15 bits per heavy atom. The molecule has 0 saturated heterocycles. The van der Waals surface area contributed by atoms with E-state index in [1.807, 2.05) is 24.3 Å². The van der Waals surface area contributed by atoms with E-state index in [1.54, 1.807) is 19.2 Å². The van der Waals surface area contributed by atoms with Crippen molar-refractivity contribution in [3.8, 4) is 28.7 Å². The van der Waals surface area contributed by atoms with Gasteiger partial charge in [-0.2, -0.15) is 0 Å². The summed E-state index contributed by atoms with van der Waals surface area (Å²) < 4.78 is 21.8. The maximum Gasteiger partial charge on any atom is 0.277 e. The van der Waals surface area contributed by atoms with Gasteiger partial charge < -0.3 is 18.6 Å². The van der Waals surface area contributed by atoms with Crippen LogP contribution in [0.3, 0.4) is 0 Å². The quantitative estimate of drug-likeness (QED) is 0.466. The Kier molecular flexibility index (Phi) is 4.72. The van der Waals surface area contributed by atoms with Gasteiger partial charge in [0.25, 0.3) is 5.22 Å². The number of hydrogen-bond donors (Lipinski definition) is 0. The number of rotatable bonds is 6. The molecule has 27 heavy (non-hydrogen) atoms. The zero-order valence-corrected chi connectivity index (χ0v) is 15.5. The first kappa shape index (κ1) is 17.4. The highest BCUT2D eigenvalue weighted by atomic mass is 32.2. The van der Waals surface area contributed by atoms with E-state index in [0.29, 0.717) is 39.7 Å². The molecule has 0 spiro atoms. The number of thioether (sulfide) groups is 1. The average molecular weight is 384 g/mol. The monoisotopic (exact) mass is 384 g/mol. The van der Waals surface area contributed by atoms with Crippen molar-refractivity contribution in [2.24, 2.45) is 0 Å².